The molecule has 0 aliphatic heterocycles. The van der Waals surface area contributed by atoms with Crippen LogP contribution < -0.4 is 11.1 Å². The molecule has 0 fully saturated rings. The molecule has 0 rings (SSSR count). The van der Waals surface area contributed by atoms with Crippen molar-refractivity contribution in [3.63, 3.8) is 0 Å². The molecule has 108 valence electrons. The number of primary amides is 1. The summed E-state index contributed by atoms with van der Waals surface area (Å²) in [4.78, 5) is 11.6. The molecule has 0 saturated carbocycles. The molecule has 0 radical (unpaired) electrons. The monoisotopic (exact) mass is 258 g/mol. The molecule has 2 unspecified atom stereocenters. The first-order valence-electron chi connectivity index (χ1n) is 7.01. The van der Waals surface area contributed by atoms with Gasteiger partial charge in [-0.3, -0.25) is 4.79 Å². The maximum absolute atomic E-state index is 11.6. The van der Waals surface area contributed by atoms with E-state index >= 15 is 0 Å². The molecule has 0 saturated heterocycles. The van der Waals surface area contributed by atoms with Crippen molar-refractivity contribution in [2.24, 2.45) is 5.73 Å². The van der Waals surface area contributed by atoms with Gasteiger partial charge >= 0.3 is 0 Å². The number of nitrogens with one attached hydrogen (secondary N) is 1. The molecular weight excluding hydrogens is 228 g/mol. The molecule has 0 heterocycles. The van der Waals surface area contributed by atoms with Gasteiger partial charge < -0.3 is 15.8 Å². The summed E-state index contributed by atoms with van der Waals surface area (Å²) in [5, 5.41) is 3.23. The number of rotatable bonds is 10. The molecule has 0 aliphatic carbocycles. The standard InChI is InChI=1S/C14H30N2O2/c1-6-7-8-9-18-12(4)10-14(5,13(15)17)16-11(2)3/h11-12,16H,6-10H2,1-5H3,(H2,15,17). The summed E-state index contributed by atoms with van der Waals surface area (Å²) in [7, 11) is 0. The van der Waals surface area contributed by atoms with Gasteiger partial charge in [-0.1, -0.05) is 19.8 Å². The molecule has 3 N–H and O–H groups in total. The smallest absolute Gasteiger partial charge is 0.237 e. The van der Waals surface area contributed by atoms with Crippen molar-refractivity contribution < 1.29 is 9.53 Å². The van der Waals surface area contributed by atoms with Crippen LogP contribution in [0, 0.1) is 0 Å². The Kier molecular flexibility index (Phi) is 8.20. The van der Waals surface area contributed by atoms with Gasteiger partial charge in [-0.15, -0.1) is 0 Å². The zero-order chi connectivity index (χ0) is 14.2. The van der Waals surface area contributed by atoms with Crippen molar-refractivity contribution >= 4 is 5.91 Å². The van der Waals surface area contributed by atoms with Gasteiger partial charge in [0.25, 0.3) is 0 Å². The van der Waals surface area contributed by atoms with E-state index in [9.17, 15) is 4.79 Å². The third kappa shape index (κ3) is 6.97. The fourth-order valence-corrected chi connectivity index (χ4v) is 2.14. The van der Waals surface area contributed by atoms with E-state index in [0.29, 0.717) is 6.42 Å². The highest BCUT2D eigenvalue weighted by atomic mass is 16.5. The molecule has 4 nitrogen and oxygen atoms in total. The summed E-state index contributed by atoms with van der Waals surface area (Å²) in [6.07, 6.45) is 4.08. The molecule has 2 atom stereocenters. The van der Waals surface area contributed by atoms with Crippen LogP contribution in [0.4, 0.5) is 0 Å². The molecule has 1 amide bonds. The molecule has 4 heteroatoms. The van der Waals surface area contributed by atoms with Crippen LogP contribution >= 0.6 is 0 Å². The number of carbonyl (C=O) groups excluding carboxylic acids is 1. The molecule has 0 aromatic carbocycles. The summed E-state index contributed by atoms with van der Waals surface area (Å²) in [5.41, 5.74) is 4.79. The van der Waals surface area contributed by atoms with Crippen LogP contribution in [0.1, 0.15) is 60.3 Å². The van der Waals surface area contributed by atoms with E-state index in [1.807, 2.05) is 27.7 Å². The van der Waals surface area contributed by atoms with E-state index in [4.69, 9.17) is 10.5 Å². The van der Waals surface area contributed by atoms with Crippen molar-refractivity contribution in [1.82, 2.24) is 5.32 Å². The Labute approximate surface area is 112 Å². The lowest BCUT2D eigenvalue weighted by Gasteiger charge is -2.32. The minimum atomic E-state index is -0.696. The molecule has 0 aromatic heterocycles. The lowest BCUT2D eigenvalue weighted by Crippen LogP contribution is -2.57. The first kappa shape index (κ1) is 17.4. The van der Waals surface area contributed by atoms with Crippen LogP contribution in [0.25, 0.3) is 0 Å². The highest BCUT2D eigenvalue weighted by Crippen LogP contribution is 2.15. The predicted octanol–water partition coefficient (Wildman–Crippen LogP) is 2.21. The number of ether oxygens (including phenoxy) is 1. The number of amides is 1. The van der Waals surface area contributed by atoms with Crippen LogP contribution in [0.15, 0.2) is 0 Å². The second-order valence-electron chi connectivity index (χ2n) is 5.59. The summed E-state index contributed by atoms with van der Waals surface area (Å²) >= 11 is 0. The van der Waals surface area contributed by atoms with Gasteiger partial charge in [0, 0.05) is 19.1 Å². The van der Waals surface area contributed by atoms with Crippen LogP contribution in [0.3, 0.4) is 0 Å². The molecule has 0 aromatic rings. The number of hydrogen-bond donors (Lipinski definition) is 2. The second kappa shape index (κ2) is 8.48. The summed E-state index contributed by atoms with van der Waals surface area (Å²) in [6.45, 7) is 10.8. The molecule has 0 bridgehead atoms. The van der Waals surface area contributed by atoms with E-state index in [-0.39, 0.29) is 18.1 Å². The third-order valence-corrected chi connectivity index (χ3v) is 3.00. The minimum Gasteiger partial charge on any atom is -0.378 e. The number of unbranched alkanes of at least 4 members (excludes halogenated alkanes) is 2. The molecule has 0 aliphatic rings. The van der Waals surface area contributed by atoms with Crippen LogP contribution in [0.2, 0.25) is 0 Å². The number of nitrogens with two attached hydrogens (primary N) is 1. The van der Waals surface area contributed by atoms with E-state index in [1.165, 1.54) is 12.8 Å². The fourth-order valence-electron chi connectivity index (χ4n) is 2.14. The first-order valence-corrected chi connectivity index (χ1v) is 7.01. The molecule has 18 heavy (non-hydrogen) atoms. The predicted molar refractivity (Wildman–Crippen MR) is 75.4 cm³/mol. The van der Waals surface area contributed by atoms with Crippen LogP contribution in [-0.2, 0) is 9.53 Å². The Bertz CT molecular complexity index is 244. The SMILES string of the molecule is CCCCCOC(C)CC(C)(NC(C)C)C(N)=O. The maximum Gasteiger partial charge on any atom is 0.237 e. The summed E-state index contributed by atoms with van der Waals surface area (Å²) < 4.78 is 5.72. The van der Waals surface area contributed by atoms with Crippen molar-refractivity contribution in [3.05, 3.63) is 0 Å². The van der Waals surface area contributed by atoms with Gasteiger partial charge in [-0.05, 0) is 34.1 Å². The average Bonchev–Trinajstić information content (AvgIpc) is 2.23. The summed E-state index contributed by atoms with van der Waals surface area (Å²) in [6, 6.07) is 0.217. The van der Waals surface area contributed by atoms with Crippen molar-refractivity contribution in [3.8, 4) is 0 Å². The van der Waals surface area contributed by atoms with Gasteiger partial charge in [0.15, 0.2) is 0 Å². The van der Waals surface area contributed by atoms with Gasteiger partial charge in [0.1, 0.15) is 0 Å². The van der Waals surface area contributed by atoms with E-state index in [0.717, 1.165) is 13.0 Å². The Morgan fingerprint density at radius 2 is 1.94 bits per heavy atom. The Balaban J connectivity index is 4.19. The van der Waals surface area contributed by atoms with Crippen molar-refractivity contribution in [2.45, 2.75) is 78.0 Å². The van der Waals surface area contributed by atoms with E-state index in [2.05, 4.69) is 12.2 Å². The van der Waals surface area contributed by atoms with E-state index in [1.54, 1.807) is 0 Å². The lowest BCUT2D eigenvalue weighted by atomic mass is 9.93. The maximum atomic E-state index is 11.6. The number of hydrogen-bond acceptors (Lipinski definition) is 3. The van der Waals surface area contributed by atoms with Crippen LogP contribution in [-0.4, -0.2) is 30.2 Å². The molecular formula is C14H30N2O2. The minimum absolute atomic E-state index is 0.0330. The van der Waals surface area contributed by atoms with Gasteiger partial charge in [0.05, 0.1) is 11.6 Å². The zero-order valence-electron chi connectivity index (χ0n) is 12.6. The average molecular weight is 258 g/mol. The largest absolute Gasteiger partial charge is 0.378 e. The normalized spacial score (nSPS) is 16.6. The fraction of sp³-hybridized carbons (Fsp3) is 0.929. The highest BCUT2D eigenvalue weighted by Gasteiger charge is 2.33. The molecule has 0 spiro atoms. The van der Waals surface area contributed by atoms with Crippen LogP contribution in [0.5, 0.6) is 0 Å². The lowest BCUT2D eigenvalue weighted by molar-refractivity contribution is -0.125. The van der Waals surface area contributed by atoms with Gasteiger partial charge in [0.2, 0.25) is 5.91 Å². The van der Waals surface area contributed by atoms with Gasteiger partial charge in [-0.25, -0.2) is 0 Å². The zero-order valence-corrected chi connectivity index (χ0v) is 12.6. The van der Waals surface area contributed by atoms with Crippen molar-refractivity contribution in [2.75, 3.05) is 6.61 Å². The quantitative estimate of drug-likeness (QED) is 0.591. The first-order chi connectivity index (χ1) is 8.31. The van der Waals surface area contributed by atoms with Gasteiger partial charge in [-0.2, -0.15) is 0 Å². The Morgan fingerprint density at radius 3 is 2.39 bits per heavy atom. The third-order valence-electron chi connectivity index (χ3n) is 3.00. The van der Waals surface area contributed by atoms with E-state index < -0.39 is 5.54 Å². The number of carbonyl (C=O) groups is 1. The Hall–Kier alpha value is -0.610. The topological polar surface area (TPSA) is 64.3 Å². The van der Waals surface area contributed by atoms with Crippen molar-refractivity contribution in [1.29, 1.82) is 0 Å². The second-order valence-corrected chi connectivity index (χ2v) is 5.59. The highest BCUT2D eigenvalue weighted by molar-refractivity contribution is 5.84. The Morgan fingerprint density at radius 1 is 1.33 bits per heavy atom. The summed E-state index contributed by atoms with van der Waals surface area (Å²) in [5.74, 6) is -0.319.